The van der Waals surface area contributed by atoms with Crippen molar-refractivity contribution in [3.63, 3.8) is 0 Å². The number of aryl methyl sites for hydroxylation is 1. The zero-order chi connectivity index (χ0) is 13.0. The summed E-state index contributed by atoms with van der Waals surface area (Å²) < 4.78 is 4.62. The highest BCUT2D eigenvalue weighted by atomic mass is 32.1. The Bertz CT molecular complexity index is 428. The van der Waals surface area contributed by atoms with Crippen molar-refractivity contribution >= 4 is 28.3 Å². The summed E-state index contributed by atoms with van der Waals surface area (Å²) >= 11 is 1.13. The molecule has 0 aliphatic heterocycles. The minimum Gasteiger partial charge on any atom is -0.465 e. The van der Waals surface area contributed by atoms with Crippen molar-refractivity contribution in [1.29, 1.82) is 0 Å². The lowest BCUT2D eigenvalue weighted by Gasteiger charge is -2.06. The number of esters is 1. The van der Waals surface area contributed by atoms with Crippen molar-refractivity contribution < 1.29 is 14.3 Å². The van der Waals surface area contributed by atoms with E-state index < -0.39 is 5.97 Å². The summed E-state index contributed by atoms with van der Waals surface area (Å²) in [5.74, 6) is -0.581. The molecule has 1 heterocycles. The summed E-state index contributed by atoms with van der Waals surface area (Å²) in [6, 6.07) is 0. The first-order valence-electron chi connectivity index (χ1n) is 5.36. The quantitative estimate of drug-likeness (QED) is 0.839. The van der Waals surface area contributed by atoms with Gasteiger partial charge in [-0.3, -0.25) is 4.79 Å². The molecule has 1 rings (SSSR count). The number of ether oxygens (including phenoxy) is 1. The van der Waals surface area contributed by atoms with Gasteiger partial charge in [-0.15, -0.1) is 0 Å². The second-order valence-corrected chi connectivity index (χ2v) is 4.72. The predicted molar refractivity (Wildman–Crippen MR) is 66.3 cm³/mol. The highest BCUT2D eigenvalue weighted by Crippen LogP contribution is 2.23. The van der Waals surface area contributed by atoms with Crippen LogP contribution < -0.4 is 5.32 Å². The second kappa shape index (κ2) is 5.77. The standard InChI is InChI=1S/C11H16N2O3S/c1-5-6(2)9(14)13-11-12-7(3)8(17-11)10(15)16-4/h6H,5H2,1-4H3,(H,12,13,14). The maximum atomic E-state index is 11.6. The van der Waals surface area contributed by atoms with E-state index in [1.54, 1.807) is 6.92 Å². The van der Waals surface area contributed by atoms with Crippen LogP contribution in [0.15, 0.2) is 0 Å². The van der Waals surface area contributed by atoms with Gasteiger partial charge < -0.3 is 10.1 Å². The van der Waals surface area contributed by atoms with E-state index in [1.165, 1.54) is 7.11 Å². The Balaban J connectivity index is 2.81. The van der Waals surface area contributed by atoms with Crippen molar-refractivity contribution in [3.8, 4) is 0 Å². The molecule has 1 aromatic heterocycles. The molecule has 0 fully saturated rings. The fraction of sp³-hybridized carbons (Fsp3) is 0.545. The van der Waals surface area contributed by atoms with Gasteiger partial charge in [0.05, 0.1) is 12.8 Å². The number of carbonyl (C=O) groups is 2. The molecule has 1 atom stereocenters. The SMILES string of the molecule is CCC(C)C(=O)Nc1nc(C)c(C(=O)OC)s1. The van der Waals surface area contributed by atoms with Crippen LogP contribution in [0.5, 0.6) is 0 Å². The minimum atomic E-state index is -0.427. The zero-order valence-electron chi connectivity index (χ0n) is 10.4. The number of nitrogens with one attached hydrogen (secondary N) is 1. The molecule has 94 valence electrons. The van der Waals surface area contributed by atoms with Crippen molar-refractivity contribution in [3.05, 3.63) is 10.6 Å². The van der Waals surface area contributed by atoms with E-state index in [2.05, 4.69) is 15.0 Å². The van der Waals surface area contributed by atoms with Crippen molar-refractivity contribution in [1.82, 2.24) is 4.98 Å². The predicted octanol–water partition coefficient (Wildman–Crippen LogP) is 2.22. The van der Waals surface area contributed by atoms with Crippen LogP contribution in [-0.2, 0) is 9.53 Å². The fourth-order valence-electron chi connectivity index (χ4n) is 1.15. The number of hydrogen-bond donors (Lipinski definition) is 1. The summed E-state index contributed by atoms with van der Waals surface area (Å²) in [6.07, 6.45) is 0.764. The molecule has 0 aromatic carbocycles. The molecule has 1 N–H and O–H groups in total. The van der Waals surface area contributed by atoms with Gasteiger partial charge in [0.15, 0.2) is 5.13 Å². The van der Waals surface area contributed by atoms with Crippen LogP contribution in [0.2, 0.25) is 0 Å². The molecule has 0 bridgehead atoms. The number of rotatable bonds is 4. The van der Waals surface area contributed by atoms with Crippen LogP contribution in [-0.4, -0.2) is 24.0 Å². The molecule has 17 heavy (non-hydrogen) atoms. The van der Waals surface area contributed by atoms with E-state index in [9.17, 15) is 9.59 Å². The second-order valence-electron chi connectivity index (χ2n) is 3.72. The maximum Gasteiger partial charge on any atom is 0.350 e. The Morgan fingerprint density at radius 1 is 1.53 bits per heavy atom. The number of nitrogens with zero attached hydrogens (tertiary/aromatic N) is 1. The van der Waals surface area contributed by atoms with Gasteiger partial charge in [-0.1, -0.05) is 25.2 Å². The number of anilines is 1. The Morgan fingerprint density at radius 3 is 2.71 bits per heavy atom. The number of hydrogen-bond acceptors (Lipinski definition) is 5. The summed E-state index contributed by atoms with van der Waals surface area (Å²) in [7, 11) is 1.32. The molecule has 1 amide bonds. The Kier molecular flexibility index (Phi) is 4.62. The molecule has 1 unspecified atom stereocenters. The third-order valence-corrected chi connectivity index (χ3v) is 3.51. The van der Waals surface area contributed by atoms with Gasteiger partial charge in [-0.25, -0.2) is 9.78 Å². The van der Waals surface area contributed by atoms with Gasteiger partial charge in [0.1, 0.15) is 4.88 Å². The number of aromatic nitrogens is 1. The molecule has 0 saturated heterocycles. The van der Waals surface area contributed by atoms with Crippen molar-refractivity contribution in [2.24, 2.45) is 5.92 Å². The first-order valence-corrected chi connectivity index (χ1v) is 6.17. The van der Waals surface area contributed by atoms with Crippen LogP contribution in [0.3, 0.4) is 0 Å². The van der Waals surface area contributed by atoms with E-state index in [0.29, 0.717) is 15.7 Å². The van der Waals surface area contributed by atoms with E-state index in [-0.39, 0.29) is 11.8 Å². The smallest absolute Gasteiger partial charge is 0.350 e. The lowest BCUT2D eigenvalue weighted by molar-refractivity contribution is -0.119. The highest BCUT2D eigenvalue weighted by Gasteiger charge is 2.18. The minimum absolute atomic E-state index is 0.0687. The summed E-state index contributed by atoms with van der Waals surface area (Å²) in [6.45, 7) is 5.50. The van der Waals surface area contributed by atoms with Crippen LogP contribution in [0, 0.1) is 12.8 Å². The number of methoxy groups -OCH3 is 1. The average Bonchev–Trinajstić information content (AvgIpc) is 2.67. The van der Waals surface area contributed by atoms with Gasteiger partial charge in [-0.2, -0.15) is 0 Å². The molecule has 0 aliphatic rings. The maximum absolute atomic E-state index is 11.6. The average molecular weight is 256 g/mol. The third-order valence-electron chi connectivity index (χ3n) is 2.46. The Morgan fingerprint density at radius 2 is 2.18 bits per heavy atom. The third kappa shape index (κ3) is 3.26. The van der Waals surface area contributed by atoms with Gasteiger partial charge in [0, 0.05) is 5.92 Å². The lowest BCUT2D eigenvalue weighted by atomic mass is 10.1. The Labute approximate surface area is 104 Å². The van der Waals surface area contributed by atoms with Gasteiger partial charge in [0.2, 0.25) is 5.91 Å². The van der Waals surface area contributed by atoms with E-state index in [1.807, 2.05) is 13.8 Å². The molecule has 0 radical (unpaired) electrons. The molecular formula is C11H16N2O3S. The van der Waals surface area contributed by atoms with Crippen molar-refractivity contribution in [2.45, 2.75) is 27.2 Å². The van der Waals surface area contributed by atoms with E-state index in [0.717, 1.165) is 17.8 Å². The van der Waals surface area contributed by atoms with Crippen LogP contribution in [0.25, 0.3) is 0 Å². The number of carbonyl (C=O) groups excluding carboxylic acids is 2. The Hall–Kier alpha value is -1.43. The molecule has 0 spiro atoms. The van der Waals surface area contributed by atoms with Crippen LogP contribution >= 0.6 is 11.3 Å². The first-order chi connectivity index (χ1) is 7.99. The molecule has 6 heteroatoms. The van der Waals surface area contributed by atoms with Gasteiger partial charge in [-0.05, 0) is 13.3 Å². The van der Waals surface area contributed by atoms with Crippen LogP contribution in [0.4, 0.5) is 5.13 Å². The van der Waals surface area contributed by atoms with Gasteiger partial charge >= 0.3 is 5.97 Å². The zero-order valence-corrected chi connectivity index (χ0v) is 11.2. The summed E-state index contributed by atoms with van der Waals surface area (Å²) in [5, 5.41) is 3.13. The molecule has 5 nitrogen and oxygen atoms in total. The largest absolute Gasteiger partial charge is 0.465 e. The molecule has 0 saturated carbocycles. The van der Waals surface area contributed by atoms with Crippen LogP contribution in [0.1, 0.15) is 35.6 Å². The van der Waals surface area contributed by atoms with Gasteiger partial charge in [0.25, 0.3) is 0 Å². The molecule has 0 aliphatic carbocycles. The monoisotopic (exact) mass is 256 g/mol. The van der Waals surface area contributed by atoms with Crippen molar-refractivity contribution in [2.75, 3.05) is 12.4 Å². The summed E-state index contributed by atoms with van der Waals surface area (Å²) in [4.78, 5) is 27.5. The summed E-state index contributed by atoms with van der Waals surface area (Å²) in [5.41, 5.74) is 0.571. The van der Waals surface area contributed by atoms with E-state index in [4.69, 9.17) is 0 Å². The highest BCUT2D eigenvalue weighted by molar-refractivity contribution is 7.17. The fourth-order valence-corrected chi connectivity index (χ4v) is 2.03. The molecular weight excluding hydrogens is 240 g/mol. The van der Waals surface area contributed by atoms with E-state index >= 15 is 0 Å². The normalized spacial score (nSPS) is 12.0. The topological polar surface area (TPSA) is 68.3 Å². The first kappa shape index (κ1) is 13.6. The lowest BCUT2D eigenvalue weighted by Crippen LogP contribution is -2.19. The molecule has 1 aromatic rings. The number of amides is 1. The number of thiazole rings is 1.